The van der Waals surface area contributed by atoms with Crippen molar-refractivity contribution in [3.63, 3.8) is 0 Å². The number of anilines is 2. The highest BCUT2D eigenvalue weighted by Crippen LogP contribution is 2.36. The quantitative estimate of drug-likeness (QED) is 0.552. The van der Waals surface area contributed by atoms with Crippen molar-refractivity contribution in [1.82, 2.24) is 0 Å². The number of nitrogens with two attached hydrogens (primary N) is 1. The first-order valence-corrected chi connectivity index (χ1v) is 10.7. The maximum atomic E-state index is 12.5. The molecule has 3 rings (SSSR count). The van der Waals surface area contributed by atoms with Crippen LogP contribution >= 0.6 is 0 Å². The molecule has 3 heteroatoms. The third kappa shape index (κ3) is 4.73. The van der Waals surface area contributed by atoms with Crippen molar-refractivity contribution < 1.29 is 4.79 Å². The van der Waals surface area contributed by atoms with Gasteiger partial charge >= 0.3 is 0 Å². The molecule has 0 aromatic heterocycles. The number of ketones is 1. The molecule has 156 valence electrons. The van der Waals surface area contributed by atoms with Crippen LogP contribution in [0.1, 0.15) is 52.2 Å². The van der Waals surface area contributed by atoms with Gasteiger partial charge in [0.25, 0.3) is 0 Å². The Kier molecular flexibility index (Phi) is 6.61. The highest BCUT2D eigenvalue weighted by atomic mass is 16.1. The van der Waals surface area contributed by atoms with Crippen LogP contribution in [0.15, 0.2) is 77.4 Å². The predicted octanol–water partition coefficient (Wildman–Crippen LogP) is 6.39. The van der Waals surface area contributed by atoms with Gasteiger partial charge in [-0.1, -0.05) is 45.0 Å². The van der Waals surface area contributed by atoms with Crippen molar-refractivity contribution in [1.29, 1.82) is 0 Å². The Labute approximate surface area is 180 Å². The summed E-state index contributed by atoms with van der Waals surface area (Å²) < 4.78 is 0. The van der Waals surface area contributed by atoms with Crippen molar-refractivity contribution in [2.24, 2.45) is 5.92 Å². The van der Waals surface area contributed by atoms with E-state index in [1.807, 2.05) is 19.1 Å². The van der Waals surface area contributed by atoms with Gasteiger partial charge in [0.05, 0.1) is 0 Å². The largest absolute Gasteiger partial charge is 0.399 e. The number of carbonyl (C=O) groups is 1. The van der Waals surface area contributed by atoms with Gasteiger partial charge in [0.15, 0.2) is 5.78 Å². The first-order chi connectivity index (χ1) is 14.3. The second-order valence-electron chi connectivity index (χ2n) is 8.39. The van der Waals surface area contributed by atoms with Gasteiger partial charge < -0.3 is 11.1 Å². The summed E-state index contributed by atoms with van der Waals surface area (Å²) in [5.41, 5.74) is 14.0. The molecule has 0 aliphatic heterocycles. The van der Waals surface area contributed by atoms with E-state index in [1.165, 1.54) is 0 Å². The van der Waals surface area contributed by atoms with Crippen molar-refractivity contribution >= 4 is 22.7 Å². The van der Waals surface area contributed by atoms with Crippen LogP contribution < -0.4 is 11.1 Å². The summed E-state index contributed by atoms with van der Waals surface area (Å²) in [4.78, 5) is 12.5. The molecule has 3 nitrogen and oxygen atoms in total. The lowest BCUT2D eigenvalue weighted by Crippen LogP contribution is -2.13. The topological polar surface area (TPSA) is 55.1 Å². The summed E-state index contributed by atoms with van der Waals surface area (Å²) in [6, 6.07) is 16.9. The van der Waals surface area contributed by atoms with Gasteiger partial charge in [-0.15, -0.1) is 0 Å². The van der Waals surface area contributed by atoms with Gasteiger partial charge in [0.1, 0.15) is 0 Å². The molecule has 3 N–H and O–H groups in total. The zero-order valence-electron chi connectivity index (χ0n) is 18.6. The molecule has 30 heavy (non-hydrogen) atoms. The van der Waals surface area contributed by atoms with Gasteiger partial charge in [-0.05, 0) is 90.4 Å². The molecular formula is C27H32N2O. The van der Waals surface area contributed by atoms with Crippen molar-refractivity contribution in [3.05, 3.63) is 88.5 Å². The number of carbonyl (C=O) groups excluding carboxylic acids is 1. The Morgan fingerprint density at radius 1 is 0.933 bits per heavy atom. The Morgan fingerprint density at radius 2 is 1.50 bits per heavy atom. The Bertz CT molecular complexity index is 1010. The minimum absolute atomic E-state index is 0.107. The number of nitrogen functional groups attached to an aromatic ring is 1. The average molecular weight is 401 g/mol. The lowest BCUT2D eigenvalue weighted by Gasteiger charge is -2.21. The minimum Gasteiger partial charge on any atom is -0.399 e. The maximum Gasteiger partial charge on any atom is 0.182 e. The lowest BCUT2D eigenvalue weighted by atomic mass is 9.83. The van der Waals surface area contributed by atoms with Gasteiger partial charge in [0.2, 0.25) is 0 Å². The average Bonchev–Trinajstić information content (AvgIpc) is 2.71. The van der Waals surface area contributed by atoms with Crippen LogP contribution in [-0.2, 0) is 4.79 Å². The summed E-state index contributed by atoms with van der Waals surface area (Å²) in [6.45, 7) is 10.5. The monoisotopic (exact) mass is 400 g/mol. The first-order valence-electron chi connectivity index (χ1n) is 10.7. The van der Waals surface area contributed by atoms with E-state index in [2.05, 4.69) is 75.5 Å². The molecule has 0 radical (unpaired) electrons. The van der Waals surface area contributed by atoms with Gasteiger partial charge in [0, 0.05) is 23.0 Å². The molecule has 0 bridgehead atoms. The van der Waals surface area contributed by atoms with Gasteiger partial charge in [-0.3, -0.25) is 4.79 Å². The van der Waals surface area contributed by atoms with E-state index in [-0.39, 0.29) is 11.7 Å². The molecule has 0 fully saturated rings. The van der Waals surface area contributed by atoms with E-state index in [0.29, 0.717) is 6.04 Å². The van der Waals surface area contributed by atoms with Crippen LogP contribution in [0.3, 0.4) is 0 Å². The van der Waals surface area contributed by atoms with Crippen LogP contribution in [-0.4, -0.2) is 11.8 Å². The van der Waals surface area contributed by atoms with E-state index in [0.717, 1.165) is 51.2 Å². The smallest absolute Gasteiger partial charge is 0.182 e. The number of rotatable bonds is 6. The first kappa shape index (κ1) is 21.6. The number of benzene rings is 2. The molecule has 1 aliphatic carbocycles. The summed E-state index contributed by atoms with van der Waals surface area (Å²) in [5, 5.41) is 3.52. The molecule has 1 aliphatic rings. The van der Waals surface area contributed by atoms with Crippen molar-refractivity contribution in [2.45, 2.75) is 47.1 Å². The zero-order valence-corrected chi connectivity index (χ0v) is 18.6. The van der Waals surface area contributed by atoms with E-state index < -0.39 is 0 Å². The van der Waals surface area contributed by atoms with Crippen LogP contribution in [0.25, 0.3) is 5.57 Å². The molecule has 0 amide bonds. The molecule has 0 saturated heterocycles. The molecule has 0 spiro atoms. The van der Waals surface area contributed by atoms with Gasteiger partial charge in [-0.2, -0.15) is 0 Å². The van der Waals surface area contributed by atoms with Gasteiger partial charge in [-0.25, -0.2) is 0 Å². The van der Waals surface area contributed by atoms with Crippen LogP contribution in [0, 0.1) is 5.92 Å². The van der Waals surface area contributed by atoms with Crippen LogP contribution in [0.4, 0.5) is 11.4 Å². The van der Waals surface area contributed by atoms with E-state index in [9.17, 15) is 4.79 Å². The molecule has 0 heterocycles. The molecule has 2 aromatic carbocycles. The van der Waals surface area contributed by atoms with E-state index in [4.69, 9.17) is 5.73 Å². The van der Waals surface area contributed by atoms with Crippen LogP contribution in [0.5, 0.6) is 0 Å². The number of allylic oxidation sites excluding steroid dienone is 5. The van der Waals surface area contributed by atoms with Crippen molar-refractivity contribution in [3.8, 4) is 0 Å². The fourth-order valence-corrected chi connectivity index (χ4v) is 3.67. The lowest BCUT2D eigenvalue weighted by molar-refractivity contribution is -0.111. The normalized spacial score (nSPS) is 16.8. The fourth-order valence-electron chi connectivity index (χ4n) is 3.67. The maximum absolute atomic E-state index is 12.5. The number of nitrogens with one attached hydrogen (secondary N) is 1. The molecule has 1 atom stereocenters. The summed E-state index contributed by atoms with van der Waals surface area (Å²) in [6.07, 6.45) is 4.91. The third-order valence-electron chi connectivity index (χ3n) is 5.65. The molecule has 2 aromatic rings. The third-order valence-corrected chi connectivity index (χ3v) is 5.65. The van der Waals surface area contributed by atoms with Crippen molar-refractivity contribution in [2.75, 3.05) is 11.1 Å². The summed E-state index contributed by atoms with van der Waals surface area (Å²) >= 11 is 0. The summed E-state index contributed by atoms with van der Waals surface area (Å²) in [7, 11) is 0. The molecular weight excluding hydrogens is 368 g/mol. The van der Waals surface area contributed by atoms with E-state index >= 15 is 0 Å². The fraction of sp³-hybridized carbons (Fsp3) is 0.296. The van der Waals surface area contributed by atoms with Crippen LogP contribution in [0.2, 0.25) is 0 Å². The Morgan fingerprint density at radius 3 is 2.03 bits per heavy atom. The second kappa shape index (κ2) is 9.17. The van der Waals surface area contributed by atoms with E-state index in [1.54, 1.807) is 6.08 Å². The predicted molar refractivity (Wildman–Crippen MR) is 128 cm³/mol. The summed E-state index contributed by atoms with van der Waals surface area (Å²) in [5.74, 6) is 0.280. The standard InChI is InChI=1S/C27H32N2O/c1-6-19(5)29-23-13-9-21(10-14-23)27(20-7-11-22(28)12-8-20)25-16-24(17(2)3)26(30)15-18(25)4/h7-17,19,29H,6,28H2,1-5H3. The second-order valence-corrected chi connectivity index (χ2v) is 8.39. The Balaban J connectivity index is 2.17. The SMILES string of the molecule is CCC(C)Nc1ccc(C(=C2C=C(C(C)C)C(=O)C=C2C)c2ccc(N)cc2)cc1. The highest BCUT2D eigenvalue weighted by molar-refractivity contribution is 6.08. The highest BCUT2D eigenvalue weighted by Gasteiger charge is 2.21. The molecule has 0 saturated carbocycles. The zero-order chi connectivity index (χ0) is 21.8. The number of hydrogen-bond acceptors (Lipinski definition) is 3. The Hall–Kier alpha value is -3.07. The number of hydrogen-bond donors (Lipinski definition) is 2. The molecule has 1 unspecified atom stereocenters. The minimum atomic E-state index is 0.107.